The number of nitrogens with one attached hydrogen (secondary N) is 1. The summed E-state index contributed by atoms with van der Waals surface area (Å²) in [5.74, 6) is 0.937. The fraction of sp³-hybridized carbons (Fsp3) is 1.00. The minimum absolute atomic E-state index is 0.0861. The van der Waals surface area contributed by atoms with Gasteiger partial charge in [-0.2, -0.15) is 0 Å². The van der Waals surface area contributed by atoms with Gasteiger partial charge in [0, 0.05) is 12.1 Å². The molecule has 4 aliphatic carbocycles. The van der Waals surface area contributed by atoms with Crippen LogP contribution in [0.15, 0.2) is 0 Å². The molecule has 4 heteroatoms. The highest BCUT2D eigenvalue weighted by Gasteiger charge is 2.59. The molecule has 0 amide bonds. The molecule has 4 nitrogen and oxygen atoms in total. The molecule has 22 heavy (non-hydrogen) atoms. The van der Waals surface area contributed by atoms with E-state index in [0.29, 0.717) is 36.2 Å². The van der Waals surface area contributed by atoms with Crippen LogP contribution in [0.2, 0.25) is 0 Å². The molecule has 0 aromatic heterocycles. The Morgan fingerprint density at radius 1 is 0.909 bits per heavy atom. The highest BCUT2D eigenvalue weighted by Crippen LogP contribution is 2.66. The maximum Gasteiger partial charge on any atom is 0.0701 e. The third-order valence-corrected chi connectivity index (χ3v) is 5.98. The van der Waals surface area contributed by atoms with E-state index in [1.165, 1.54) is 38.5 Å². The normalized spacial score (nSPS) is 43.0. The van der Waals surface area contributed by atoms with Gasteiger partial charge in [0.1, 0.15) is 0 Å². The zero-order valence-electron chi connectivity index (χ0n) is 14.3. The number of hydrogen-bond donors (Lipinski definition) is 2. The second-order valence-electron chi connectivity index (χ2n) is 8.79. The van der Waals surface area contributed by atoms with Crippen molar-refractivity contribution >= 4 is 0 Å². The summed E-state index contributed by atoms with van der Waals surface area (Å²) in [6.45, 7) is 8.41. The van der Waals surface area contributed by atoms with Gasteiger partial charge in [-0.25, -0.2) is 0 Å². The van der Waals surface area contributed by atoms with Gasteiger partial charge in [-0.3, -0.25) is 0 Å². The van der Waals surface area contributed by atoms with Crippen LogP contribution in [0.4, 0.5) is 0 Å². The first-order valence-electron chi connectivity index (χ1n) is 8.98. The third-order valence-electron chi connectivity index (χ3n) is 5.98. The molecule has 0 aromatic rings. The fourth-order valence-corrected chi connectivity index (χ4v) is 6.42. The maximum atomic E-state index is 8.62. The summed E-state index contributed by atoms with van der Waals surface area (Å²) in [5.41, 5.74) is 1.51. The number of aliphatic hydroxyl groups is 1. The standard InChI is InChI=1S/C18H33NO3/c1-16-9-15-10-17(2,12-16)14-18(11-15,13-16)19-3-5-21-7-8-22-6-4-20/h15,19-20H,3-14H2,1-2H3/t15-,16+,17-,18+. The molecule has 4 bridgehead atoms. The summed E-state index contributed by atoms with van der Waals surface area (Å²) in [7, 11) is 0. The molecular formula is C18H33NO3. The lowest BCUT2D eigenvalue weighted by Crippen LogP contribution is -2.64. The average Bonchev–Trinajstić information content (AvgIpc) is 2.37. The molecule has 4 rings (SSSR count). The molecule has 0 radical (unpaired) electrons. The Morgan fingerprint density at radius 2 is 1.55 bits per heavy atom. The van der Waals surface area contributed by atoms with Crippen molar-refractivity contribution in [2.24, 2.45) is 16.7 Å². The zero-order valence-corrected chi connectivity index (χ0v) is 14.3. The van der Waals surface area contributed by atoms with Crippen LogP contribution in [0.3, 0.4) is 0 Å². The van der Waals surface area contributed by atoms with E-state index < -0.39 is 0 Å². The van der Waals surface area contributed by atoms with Crippen LogP contribution in [0.1, 0.15) is 52.4 Å². The zero-order chi connectivity index (χ0) is 15.7. The van der Waals surface area contributed by atoms with Gasteiger partial charge in [0.15, 0.2) is 0 Å². The smallest absolute Gasteiger partial charge is 0.0701 e. The van der Waals surface area contributed by atoms with E-state index in [0.717, 1.165) is 19.1 Å². The van der Waals surface area contributed by atoms with Gasteiger partial charge in [0.25, 0.3) is 0 Å². The predicted octanol–water partition coefficient (Wildman–Crippen LogP) is 2.35. The molecule has 4 atom stereocenters. The van der Waals surface area contributed by atoms with Gasteiger partial charge in [0.2, 0.25) is 0 Å². The van der Waals surface area contributed by atoms with Crippen LogP contribution in [0.5, 0.6) is 0 Å². The summed E-state index contributed by atoms with van der Waals surface area (Å²) in [5, 5.41) is 12.5. The van der Waals surface area contributed by atoms with Gasteiger partial charge in [-0.15, -0.1) is 0 Å². The first kappa shape index (κ1) is 16.7. The van der Waals surface area contributed by atoms with Crippen LogP contribution in [0, 0.1) is 16.7 Å². The highest BCUT2D eigenvalue weighted by molar-refractivity contribution is 5.14. The minimum atomic E-state index is 0.0861. The second-order valence-corrected chi connectivity index (χ2v) is 8.79. The molecule has 0 spiro atoms. The number of hydrogen-bond acceptors (Lipinski definition) is 4. The van der Waals surface area contributed by atoms with Crippen molar-refractivity contribution in [2.45, 2.75) is 57.9 Å². The molecule has 0 heterocycles. The molecule has 0 unspecified atom stereocenters. The van der Waals surface area contributed by atoms with Crippen molar-refractivity contribution in [1.82, 2.24) is 5.32 Å². The Morgan fingerprint density at radius 3 is 2.14 bits per heavy atom. The number of rotatable bonds is 9. The molecular weight excluding hydrogens is 278 g/mol. The Kier molecular flexibility index (Phi) is 4.84. The van der Waals surface area contributed by atoms with E-state index >= 15 is 0 Å². The van der Waals surface area contributed by atoms with E-state index in [4.69, 9.17) is 14.6 Å². The lowest BCUT2D eigenvalue weighted by atomic mass is 9.43. The minimum Gasteiger partial charge on any atom is -0.394 e. The molecule has 0 saturated heterocycles. The van der Waals surface area contributed by atoms with Gasteiger partial charge in [-0.05, 0) is 55.3 Å². The SMILES string of the molecule is C[C@]12C[C@@H]3C[C@](C)(C1)C[C@](NCCOCCOCCO)(C3)C2. The van der Waals surface area contributed by atoms with Crippen LogP contribution < -0.4 is 5.32 Å². The lowest BCUT2D eigenvalue weighted by molar-refractivity contribution is -0.118. The van der Waals surface area contributed by atoms with Crippen LogP contribution in [0.25, 0.3) is 0 Å². The molecule has 4 fully saturated rings. The summed E-state index contributed by atoms with van der Waals surface area (Å²) in [4.78, 5) is 0. The van der Waals surface area contributed by atoms with E-state index in [2.05, 4.69) is 19.2 Å². The quantitative estimate of drug-likeness (QED) is 0.642. The average molecular weight is 311 g/mol. The van der Waals surface area contributed by atoms with Crippen molar-refractivity contribution < 1.29 is 14.6 Å². The van der Waals surface area contributed by atoms with Crippen molar-refractivity contribution in [1.29, 1.82) is 0 Å². The summed E-state index contributed by atoms with van der Waals surface area (Å²) >= 11 is 0. The Bertz CT molecular complexity index is 369. The molecule has 0 aliphatic heterocycles. The third kappa shape index (κ3) is 3.66. The van der Waals surface area contributed by atoms with Crippen LogP contribution >= 0.6 is 0 Å². The number of ether oxygens (including phenoxy) is 2. The number of aliphatic hydroxyl groups excluding tert-OH is 1. The van der Waals surface area contributed by atoms with E-state index in [-0.39, 0.29) is 6.61 Å². The first-order valence-corrected chi connectivity index (χ1v) is 8.98. The summed E-state index contributed by atoms with van der Waals surface area (Å²) in [6.07, 6.45) is 8.41. The van der Waals surface area contributed by atoms with Gasteiger partial charge in [-0.1, -0.05) is 13.8 Å². The second kappa shape index (κ2) is 6.39. The van der Waals surface area contributed by atoms with Gasteiger partial charge in [0.05, 0.1) is 33.0 Å². The van der Waals surface area contributed by atoms with Crippen molar-refractivity contribution in [2.75, 3.05) is 39.6 Å². The highest BCUT2D eigenvalue weighted by atomic mass is 16.5. The monoisotopic (exact) mass is 311 g/mol. The van der Waals surface area contributed by atoms with E-state index in [1.54, 1.807) is 0 Å². The summed E-state index contributed by atoms with van der Waals surface area (Å²) < 4.78 is 10.8. The molecule has 128 valence electrons. The van der Waals surface area contributed by atoms with Gasteiger partial charge >= 0.3 is 0 Å². The summed E-state index contributed by atoms with van der Waals surface area (Å²) in [6, 6.07) is 0. The Balaban J connectivity index is 1.41. The fourth-order valence-electron chi connectivity index (χ4n) is 6.42. The van der Waals surface area contributed by atoms with Crippen LogP contribution in [-0.4, -0.2) is 50.2 Å². The van der Waals surface area contributed by atoms with Crippen molar-refractivity contribution in [3.05, 3.63) is 0 Å². The predicted molar refractivity (Wildman–Crippen MR) is 86.9 cm³/mol. The molecule has 0 aromatic carbocycles. The maximum absolute atomic E-state index is 8.62. The van der Waals surface area contributed by atoms with E-state index in [1.807, 2.05) is 0 Å². The Labute approximate surface area is 134 Å². The molecule has 2 N–H and O–H groups in total. The Hall–Kier alpha value is -0.160. The topological polar surface area (TPSA) is 50.7 Å². The van der Waals surface area contributed by atoms with Crippen molar-refractivity contribution in [3.8, 4) is 0 Å². The largest absolute Gasteiger partial charge is 0.394 e. The van der Waals surface area contributed by atoms with Gasteiger partial charge < -0.3 is 19.9 Å². The molecule has 4 aliphatic rings. The first-order chi connectivity index (χ1) is 10.5. The van der Waals surface area contributed by atoms with Crippen LogP contribution in [-0.2, 0) is 9.47 Å². The molecule has 4 saturated carbocycles. The van der Waals surface area contributed by atoms with Crippen molar-refractivity contribution in [3.63, 3.8) is 0 Å². The van der Waals surface area contributed by atoms with E-state index in [9.17, 15) is 0 Å². The lowest BCUT2D eigenvalue weighted by Gasteiger charge is -2.65.